The molecule has 0 saturated carbocycles. The van der Waals surface area contributed by atoms with Crippen molar-refractivity contribution < 1.29 is 9.32 Å². The zero-order chi connectivity index (χ0) is 20.5. The van der Waals surface area contributed by atoms with Crippen molar-refractivity contribution in [3.63, 3.8) is 0 Å². The molecule has 2 heterocycles. The van der Waals surface area contributed by atoms with Crippen molar-refractivity contribution >= 4 is 23.2 Å². The van der Waals surface area contributed by atoms with Gasteiger partial charge in [-0.2, -0.15) is 0 Å². The summed E-state index contributed by atoms with van der Waals surface area (Å²) < 4.78 is 5.69. The van der Waals surface area contributed by atoms with Crippen LogP contribution in [0.15, 0.2) is 58.0 Å². The van der Waals surface area contributed by atoms with E-state index in [9.17, 15) is 4.79 Å². The maximum Gasteiger partial charge on any atom is 0.222 e. The molecule has 1 N–H and O–H groups in total. The largest absolute Gasteiger partial charge is 0.358 e. The summed E-state index contributed by atoms with van der Waals surface area (Å²) in [6.45, 7) is 5.79. The van der Waals surface area contributed by atoms with Crippen LogP contribution in [0.3, 0.4) is 0 Å². The van der Waals surface area contributed by atoms with Crippen LogP contribution in [0, 0.1) is 6.92 Å². The average Bonchev–Trinajstić information content (AvgIpc) is 3.00. The van der Waals surface area contributed by atoms with Gasteiger partial charge >= 0.3 is 0 Å². The Bertz CT molecular complexity index is 1080. The Morgan fingerprint density at radius 3 is 2.52 bits per heavy atom. The molecule has 4 rings (SSSR count). The van der Waals surface area contributed by atoms with Crippen molar-refractivity contribution in [2.45, 2.75) is 39.3 Å². The Balaban J connectivity index is 1.89. The van der Waals surface area contributed by atoms with Crippen LogP contribution in [0.4, 0.5) is 0 Å². The number of nitrogens with one attached hydrogen (secondary N) is 1. The number of rotatable bonds is 4. The molecule has 148 valence electrons. The molecule has 3 aromatic rings. The Hall–Kier alpha value is -2.92. The van der Waals surface area contributed by atoms with Crippen LogP contribution >= 0.6 is 11.6 Å². The Labute approximate surface area is 174 Å². The van der Waals surface area contributed by atoms with Crippen molar-refractivity contribution in [3.05, 3.63) is 76.1 Å². The lowest BCUT2D eigenvalue weighted by Crippen LogP contribution is -2.31. The molecule has 2 aromatic carbocycles. The van der Waals surface area contributed by atoms with Crippen LogP contribution in [0.25, 0.3) is 11.1 Å². The van der Waals surface area contributed by atoms with Crippen LogP contribution < -0.4 is 5.32 Å². The smallest absolute Gasteiger partial charge is 0.222 e. The number of fused-ring (bicyclic) bond motifs is 3. The van der Waals surface area contributed by atoms with Crippen LogP contribution in [0.2, 0.25) is 5.02 Å². The van der Waals surface area contributed by atoms with Crippen molar-refractivity contribution in [1.82, 2.24) is 10.5 Å². The van der Waals surface area contributed by atoms with E-state index < -0.39 is 6.04 Å². The van der Waals surface area contributed by atoms with Crippen molar-refractivity contribution in [1.29, 1.82) is 0 Å². The first-order chi connectivity index (χ1) is 13.9. The first-order valence-electron chi connectivity index (χ1n) is 9.63. The molecule has 0 aliphatic carbocycles. The quantitative estimate of drug-likeness (QED) is 0.653. The molecule has 0 radical (unpaired) electrons. The van der Waals surface area contributed by atoms with Gasteiger partial charge in [0.2, 0.25) is 5.91 Å². The molecule has 0 saturated heterocycles. The van der Waals surface area contributed by atoms with Gasteiger partial charge in [0.1, 0.15) is 6.04 Å². The molecular formula is C23H22ClN3O2. The number of aromatic nitrogens is 1. The molecule has 1 aliphatic heterocycles. The van der Waals surface area contributed by atoms with Gasteiger partial charge < -0.3 is 9.84 Å². The van der Waals surface area contributed by atoms with Gasteiger partial charge in [0.15, 0.2) is 5.76 Å². The lowest BCUT2D eigenvalue weighted by Gasteiger charge is -2.13. The van der Waals surface area contributed by atoms with E-state index in [1.807, 2.05) is 69.3 Å². The van der Waals surface area contributed by atoms with E-state index in [-0.39, 0.29) is 18.4 Å². The summed E-state index contributed by atoms with van der Waals surface area (Å²) in [4.78, 5) is 17.5. The second-order valence-electron chi connectivity index (χ2n) is 7.48. The fourth-order valence-corrected chi connectivity index (χ4v) is 3.79. The number of aliphatic imine (C=N–C) groups is 1. The van der Waals surface area contributed by atoms with Crippen LogP contribution in [0.1, 0.15) is 48.9 Å². The second-order valence-corrected chi connectivity index (χ2v) is 7.92. The third-order valence-electron chi connectivity index (χ3n) is 4.87. The Morgan fingerprint density at radius 2 is 1.83 bits per heavy atom. The van der Waals surface area contributed by atoms with Crippen molar-refractivity contribution in [2.75, 3.05) is 0 Å². The molecular weight excluding hydrogens is 386 g/mol. The number of aryl methyl sites for hydroxylation is 1. The van der Waals surface area contributed by atoms with E-state index in [0.29, 0.717) is 10.8 Å². The molecule has 0 unspecified atom stereocenters. The van der Waals surface area contributed by atoms with E-state index in [1.54, 1.807) is 0 Å². The highest BCUT2D eigenvalue weighted by Crippen LogP contribution is 2.40. The summed E-state index contributed by atoms with van der Waals surface area (Å²) in [5, 5.41) is 7.78. The molecule has 1 aliphatic rings. The van der Waals surface area contributed by atoms with Crippen molar-refractivity contribution in [2.24, 2.45) is 4.99 Å². The van der Waals surface area contributed by atoms with Gasteiger partial charge in [0, 0.05) is 22.2 Å². The van der Waals surface area contributed by atoms with Crippen LogP contribution in [-0.2, 0) is 4.79 Å². The number of benzene rings is 2. The predicted octanol–water partition coefficient (Wildman–Crippen LogP) is 5.11. The van der Waals surface area contributed by atoms with Crippen molar-refractivity contribution in [3.8, 4) is 11.1 Å². The number of amides is 1. The Kier molecular flexibility index (Phi) is 5.24. The lowest BCUT2D eigenvalue weighted by molar-refractivity contribution is -0.122. The molecule has 29 heavy (non-hydrogen) atoms. The fourth-order valence-electron chi connectivity index (χ4n) is 3.67. The fraction of sp³-hybridized carbons (Fsp3) is 0.261. The number of carbonyl (C=O) groups excluding carboxylic acids is 1. The van der Waals surface area contributed by atoms with Gasteiger partial charge in [0.05, 0.1) is 23.4 Å². The van der Waals surface area contributed by atoms with Gasteiger partial charge in [-0.05, 0) is 38.5 Å². The highest BCUT2D eigenvalue weighted by atomic mass is 35.5. The minimum atomic E-state index is -0.469. The minimum Gasteiger partial charge on any atom is -0.358 e. The first-order valence-corrected chi connectivity index (χ1v) is 10.0. The summed E-state index contributed by atoms with van der Waals surface area (Å²) in [6, 6.07) is 15.2. The highest BCUT2D eigenvalue weighted by Gasteiger charge is 2.31. The molecule has 1 amide bonds. The molecule has 1 aromatic heterocycles. The molecule has 0 fully saturated rings. The zero-order valence-electron chi connectivity index (χ0n) is 16.6. The summed E-state index contributed by atoms with van der Waals surface area (Å²) in [5.41, 5.74) is 5.43. The van der Waals surface area contributed by atoms with Gasteiger partial charge in [-0.25, -0.2) is 0 Å². The minimum absolute atomic E-state index is 0.0566. The number of hydrogen-bond acceptors (Lipinski definition) is 4. The van der Waals surface area contributed by atoms with Gasteiger partial charge in [-0.15, -0.1) is 0 Å². The van der Waals surface area contributed by atoms with E-state index >= 15 is 0 Å². The normalized spacial score (nSPS) is 15.3. The maximum atomic E-state index is 12.6. The highest BCUT2D eigenvalue weighted by molar-refractivity contribution is 6.30. The molecule has 0 bridgehead atoms. The third kappa shape index (κ3) is 3.83. The zero-order valence-corrected chi connectivity index (χ0v) is 17.3. The van der Waals surface area contributed by atoms with Crippen LogP contribution in [0.5, 0.6) is 0 Å². The first kappa shape index (κ1) is 19.4. The summed E-state index contributed by atoms with van der Waals surface area (Å²) >= 11 is 6.09. The van der Waals surface area contributed by atoms with E-state index in [1.165, 1.54) is 0 Å². The molecule has 1 atom stereocenters. The molecule has 6 heteroatoms. The molecule has 0 spiro atoms. The lowest BCUT2D eigenvalue weighted by atomic mass is 9.93. The molecule has 5 nitrogen and oxygen atoms in total. The average molecular weight is 408 g/mol. The summed E-state index contributed by atoms with van der Waals surface area (Å²) in [7, 11) is 0. The van der Waals surface area contributed by atoms with Gasteiger partial charge in [0.25, 0.3) is 0 Å². The Morgan fingerprint density at radius 1 is 1.14 bits per heavy atom. The second kappa shape index (κ2) is 7.84. The standard InChI is InChI=1S/C23H22ClN3O2/c1-13(2)25-20(28)12-19-23-21(14(3)27-29-23)17-6-4-5-7-18(17)22(26-19)15-8-10-16(24)11-9-15/h4-11,13,19H,12H2,1-3H3,(H,25,28)/t19-/m0/s1. The number of hydrogen-bond donors (Lipinski definition) is 1. The summed E-state index contributed by atoms with van der Waals surface area (Å²) in [6.07, 6.45) is 0.185. The number of halogens is 1. The SMILES string of the molecule is Cc1noc2c1-c1ccccc1C(c1ccc(Cl)cc1)=N[C@H]2CC(=O)NC(C)C. The van der Waals surface area contributed by atoms with Crippen LogP contribution in [-0.4, -0.2) is 22.8 Å². The van der Waals surface area contributed by atoms with Gasteiger partial charge in [-0.1, -0.05) is 53.2 Å². The predicted molar refractivity (Wildman–Crippen MR) is 114 cm³/mol. The van der Waals surface area contributed by atoms with Gasteiger partial charge in [-0.3, -0.25) is 9.79 Å². The van der Waals surface area contributed by atoms with E-state index in [4.69, 9.17) is 21.1 Å². The van der Waals surface area contributed by atoms with E-state index in [0.717, 1.165) is 33.7 Å². The monoisotopic (exact) mass is 407 g/mol. The van der Waals surface area contributed by atoms with E-state index in [2.05, 4.69) is 10.5 Å². The number of carbonyl (C=O) groups is 1. The number of nitrogens with zero attached hydrogens (tertiary/aromatic N) is 2. The third-order valence-corrected chi connectivity index (χ3v) is 5.13. The maximum absolute atomic E-state index is 12.6. The summed E-state index contributed by atoms with van der Waals surface area (Å²) in [5.74, 6) is 0.549. The topological polar surface area (TPSA) is 67.5 Å².